The molecule has 0 saturated carbocycles. The van der Waals surface area contributed by atoms with Gasteiger partial charge in [-0.1, -0.05) is 17.3 Å². The monoisotopic (exact) mass is 228 g/mol. The van der Waals surface area contributed by atoms with Crippen LogP contribution in [0.2, 0.25) is 0 Å². The third-order valence-electron chi connectivity index (χ3n) is 2.51. The van der Waals surface area contributed by atoms with Crippen LogP contribution in [0.15, 0.2) is 45.5 Å². The van der Waals surface area contributed by atoms with E-state index in [2.05, 4.69) is 5.16 Å². The number of hydrogen-bond donors (Lipinski definition) is 1. The number of hydrogen-bond acceptors (Lipinski definition) is 4. The predicted molar refractivity (Wildman–Crippen MR) is 60.2 cm³/mol. The lowest BCUT2D eigenvalue weighted by atomic mass is 10.1. The maximum atomic E-state index is 11.1. The number of fused-ring (bicyclic) bond motifs is 1. The Balaban J connectivity index is 2.29. The maximum Gasteiger partial charge on any atom is 0.284 e. The second kappa shape index (κ2) is 3.48. The summed E-state index contributed by atoms with van der Waals surface area (Å²) in [5.41, 5.74) is 6.58. The molecule has 5 heteroatoms. The van der Waals surface area contributed by atoms with Gasteiger partial charge in [0.25, 0.3) is 5.91 Å². The number of amides is 1. The summed E-state index contributed by atoms with van der Waals surface area (Å²) < 4.78 is 10.4. The lowest BCUT2D eigenvalue weighted by Gasteiger charge is -1.95. The minimum Gasteiger partial charge on any atom is -0.451 e. The summed E-state index contributed by atoms with van der Waals surface area (Å²) in [5, 5.41) is 4.43. The van der Waals surface area contributed by atoms with Gasteiger partial charge in [-0.25, -0.2) is 0 Å². The van der Waals surface area contributed by atoms with Crippen LogP contribution in [0.3, 0.4) is 0 Å². The van der Waals surface area contributed by atoms with E-state index in [1.54, 1.807) is 24.4 Å². The Hall–Kier alpha value is -2.56. The van der Waals surface area contributed by atoms with E-state index in [1.165, 1.54) is 0 Å². The fraction of sp³-hybridized carbons (Fsp3) is 0. The number of aromatic nitrogens is 1. The largest absolute Gasteiger partial charge is 0.451 e. The molecule has 1 aromatic carbocycles. The zero-order valence-electron chi connectivity index (χ0n) is 8.71. The highest BCUT2D eigenvalue weighted by Crippen LogP contribution is 2.30. The Bertz CT molecular complexity index is 683. The van der Waals surface area contributed by atoms with Crippen molar-refractivity contribution in [3.8, 4) is 11.3 Å². The molecule has 0 spiro atoms. The highest BCUT2D eigenvalue weighted by Gasteiger charge is 2.13. The van der Waals surface area contributed by atoms with Crippen molar-refractivity contribution in [3.05, 3.63) is 42.3 Å². The average molecular weight is 228 g/mol. The first-order valence-corrected chi connectivity index (χ1v) is 4.99. The van der Waals surface area contributed by atoms with Gasteiger partial charge in [-0.3, -0.25) is 4.79 Å². The summed E-state index contributed by atoms with van der Waals surface area (Å²) >= 11 is 0. The van der Waals surface area contributed by atoms with Crippen LogP contribution in [0.25, 0.3) is 22.3 Å². The quantitative estimate of drug-likeness (QED) is 0.728. The SMILES string of the molecule is NC(=O)c1cc2c(-c3ccno3)cccc2o1. The summed E-state index contributed by atoms with van der Waals surface area (Å²) in [6.45, 7) is 0. The van der Waals surface area contributed by atoms with Gasteiger partial charge in [-0.15, -0.1) is 0 Å². The van der Waals surface area contributed by atoms with Crippen molar-refractivity contribution in [3.63, 3.8) is 0 Å². The molecule has 0 atom stereocenters. The molecule has 2 heterocycles. The number of furan rings is 1. The number of carbonyl (C=O) groups excluding carboxylic acids is 1. The second-order valence-electron chi connectivity index (χ2n) is 3.57. The van der Waals surface area contributed by atoms with Crippen molar-refractivity contribution in [1.29, 1.82) is 0 Å². The number of primary amides is 1. The third kappa shape index (κ3) is 1.48. The van der Waals surface area contributed by atoms with Crippen LogP contribution >= 0.6 is 0 Å². The van der Waals surface area contributed by atoms with E-state index < -0.39 is 5.91 Å². The summed E-state index contributed by atoms with van der Waals surface area (Å²) in [5.74, 6) is 0.157. The fourth-order valence-electron chi connectivity index (χ4n) is 1.75. The fourth-order valence-corrected chi connectivity index (χ4v) is 1.75. The normalized spacial score (nSPS) is 10.8. The maximum absolute atomic E-state index is 11.1. The van der Waals surface area contributed by atoms with Crippen LogP contribution in [0.1, 0.15) is 10.6 Å². The number of carbonyl (C=O) groups is 1. The lowest BCUT2D eigenvalue weighted by molar-refractivity contribution is 0.0976. The molecule has 0 aliphatic carbocycles. The van der Waals surface area contributed by atoms with E-state index in [0.29, 0.717) is 11.3 Å². The first kappa shape index (κ1) is 9.65. The molecule has 3 rings (SSSR count). The Morgan fingerprint density at radius 1 is 1.29 bits per heavy atom. The number of rotatable bonds is 2. The van der Waals surface area contributed by atoms with Crippen LogP contribution in [-0.4, -0.2) is 11.1 Å². The molecule has 2 N–H and O–H groups in total. The Labute approximate surface area is 95.8 Å². The van der Waals surface area contributed by atoms with Crippen LogP contribution < -0.4 is 5.73 Å². The lowest BCUT2D eigenvalue weighted by Crippen LogP contribution is -2.08. The summed E-state index contributed by atoms with van der Waals surface area (Å²) in [6.07, 6.45) is 1.56. The molecule has 17 heavy (non-hydrogen) atoms. The van der Waals surface area contributed by atoms with Crippen molar-refractivity contribution < 1.29 is 13.7 Å². The van der Waals surface area contributed by atoms with E-state index in [4.69, 9.17) is 14.7 Å². The first-order chi connectivity index (χ1) is 8.25. The van der Waals surface area contributed by atoms with Crippen molar-refractivity contribution in [2.75, 3.05) is 0 Å². The van der Waals surface area contributed by atoms with Crippen LogP contribution in [-0.2, 0) is 0 Å². The standard InChI is InChI=1S/C12H8N2O3/c13-12(15)11-6-8-7(10-4-5-14-17-10)2-1-3-9(8)16-11/h1-6H,(H2,13,15). The molecule has 2 aromatic heterocycles. The average Bonchev–Trinajstić information content (AvgIpc) is 2.97. The minimum absolute atomic E-state index is 0.131. The molecular weight excluding hydrogens is 220 g/mol. The van der Waals surface area contributed by atoms with Crippen LogP contribution in [0, 0.1) is 0 Å². The highest BCUT2D eigenvalue weighted by molar-refractivity contribution is 5.99. The molecule has 3 aromatic rings. The van der Waals surface area contributed by atoms with E-state index in [1.807, 2.05) is 12.1 Å². The number of nitrogens with two attached hydrogens (primary N) is 1. The Kier molecular flexibility index (Phi) is 1.98. The zero-order valence-corrected chi connectivity index (χ0v) is 8.71. The zero-order chi connectivity index (χ0) is 11.8. The molecule has 1 amide bonds. The molecule has 0 saturated heterocycles. The molecule has 0 bridgehead atoms. The van der Waals surface area contributed by atoms with Gasteiger partial charge in [0.15, 0.2) is 11.5 Å². The van der Waals surface area contributed by atoms with E-state index in [9.17, 15) is 4.79 Å². The van der Waals surface area contributed by atoms with Crippen molar-refractivity contribution in [1.82, 2.24) is 5.16 Å². The van der Waals surface area contributed by atoms with Gasteiger partial charge >= 0.3 is 0 Å². The molecular formula is C12H8N2O3. The van der Waals surface area contributed by atoms with Crippen molar-refractivity contribution >= 4 is 16.9 Å². The van der Waals surface area contributed by atoms with E-state index >= 15 is 0 Å². The van der Waals surface area contributed by atoms with Gasteiger partial charge in [-0.2, -0.15) is 0 Å². The van der Waals surface area contributed by atoms with Crippen LogP contribution in [0.5, 0.6) is 0 Å². The molecule has 84 valence electrons. The minimum atomic E-state index is -0.593. The first-order valence-electron chi connectivity index (χ1n) is 4.99. The molecule has 0 aliphatic rings. The van der Waals surface area contributed by atoms with Crippen molar-refractivity contribution in [2.24, 2.45) is 5.73 Å². The second-order valence-corrected chi connectivity index (χ2v) is 3.57. The summed E-state index contributed by atoms with van der Waals surface area (Å²) in [4.78, 5) is 11.1. The number of benzene rings is 1. The third-order valence-corrected chi connectivity index (χ3v) is 2.51. The van der Waals surface area contributed by atoms with Gasteiger partial charge < -0.3 is 14.7 Å². The van der Waals surface area contributed by atoms with Gasteiger partial charge in [0, 0.05) is 17.0 Å². The summed E-state index contributed by atoms with van der Waals surface area (Å²) in [6, 6.07) is 8.79. The number of nitrogens with zero attached hydrogens (tertiary/aromatic N) is 1. The van der Waals surface area contributed by atoms with Gasteiger partial charge in [0.2, 0.25) is 0 Å². The van der Waals surface area contributed by atoms with Crippen LogP contribution in [0.4, 0.5) is 0 Å². The molecule has 0 unspecified atom stereocenters. The molecule has 0 fully saturated rings. The van der Waals surface area contributed by atoms with Gasteiger partial charge in [0.05, 0.1) is 6.20 Å². The van der Waals surface area contributed by atoms with Gasteiger partial charge in [-0.05, 0) is 12.1 Å². The Morgan fingerprint density at radius 3 is 2.88 bits per heavy atom. The molecule has 0 radical (unpaired) electrons. The topological polar surface area (TPSA) is 82.3 Å². The highest BCUT2D eigenvalue weighted by atomic mass is 16.5. The predicted octanol–water partition coefficient (Wildman–Crippen LogP) is 2.19. The van der Waals surface area contributed by atoms with Crippen molar-refractivity contribution in [2.45, 2.75) is 0 Å². The Morgan fingerprint density at radius 2 is 2.18 bits per heavy atom. The molecule has 5 nitrogen and oxygen atoms in total. The van der Waals surface area contributed by atoms with E-state index in [-0.39, 0.29) is 5.76 Å². The summed E-state index contributed by atoms with van der Waals surface area (Å²) in [7, 11) is 0. The van der Waals surface area contributed by atoms with Gasteiger partial charge in [0.1, 0.15) is 5.58 Å². The smallest absolute Gasteiger partial charge is 0.284 e. The van der Waals surface area contributed by atoms with E-state index in [0.717, 1.165) is 10.9 Å². The molecule has 0 aliphatic heterocycles.